The summed E-state index contributed by atoms with van der Waals surface area (Å²) >= 11 is 0. The second-order valence-electron chi connectivity index (χ2n) is 5.40. The predicted octanol–water partition coefficient (Wildman–Crippen LogP) is 1.52. The normalized spacial score (nSPS) is 12.0. The molecule has 0 aliphatic heterocycles. The third kappa shape index (κ3) is 5.00. The number of nitrogens with one attached hydrogen (secondary N) is 3. The molecule has 3 N–H and O–H groups in total. The number of carbonyl (C=O) groups excluding carboxylic acids is 1. The molecule has 2 amide bonds. The molecule has 0 aliphatic rings. The largest absolute Gasteiger partial charge is 0.497 e. The number of ether oxygens (including phenoxy) is 1. The van der Waals surface area contributed by atoms with Gasteiger partial charge in [0, 0.05) is 12.7 Å². The number of H-pyrrole nitrogens is 1. The molecule has 1 aromatic heterocycles. The summed E-state index contributed by atoms with van der Waals surface area (Å²) in [7, 11) is 5.60. The Morgan fingerprint density at radius 2 is 2.17 bits per heavy atom. The van der Waals surface area contributed by atoms with E-state index in [4.69, 9.17) is 4.74 Å². The van der Waals surface area contributed by atoms with Gasteiger partial charge in [-0.15, -0.1) is 0 Å². The van der Waals surface area contributed by atoms with E-state index in [2.05, 4.69) is 25.7 Å². The monoisotopic (exact) mass is 317 g/mol. The van der Waals surface area contributed by atoms with Gasteiger partial charge < -0.3 is 20.3 Å². The molecule has 1 aromatic carbocycles. The first-order valence-corrected chi connectivity index (χ1v) is 7.40. The van der Waals surface area contributed by atoms with Crippen LogP contribution in [0.5, 0.6) is 5.75 Å². The number of methoxy groups -OCH3 is 1. The van der Waals surface area contributed by atoms with Crippen molar-refractivity contribution in [1.29, 1.82) is 0 Å². The quantitative estimate of drug-likeness (QED) is 0.723. The maximum atomic E-state index is 11.9. The number of aromatic nitrogens is 2. The molecule has 7 heteroatoms. The fourth-order valence-electron chi connectivity index (χ4n) is 2.26. The summed E-state index contributed by atoms with van der Waals surface area (Å²) in [6.07, 6.45) is 1.65. The van der Waals surface area contributed by atoms with Crippen LogP contribution in [0.15, 0.2) is 36.5 Å². The van der Waals surface area contributed by atoms with Crippen molar-refractivity contribution in [2.45, 2.75) is 12.6 Å². The van der Waals surface area contributed by atoms with Gasteiger partial charge in [0.25, 0.3) is 0 Å². The Morgan fingerprint density at radius 1 is 1.35 bits per heavy atom. The van der Waals surface area contributed by atoms with Crippen molar-refractivity contribution in [3.05, 3.63) is 47.8 Å². The number of hydrogen-bond acceptors (Lipinski definition) is 4. The molecule has 0 aliphatic carbocycles. The first kappa shape index (κ1) is 16.8. The number of urea groups is 1. The van der Waals surface area contributed by atoms with Crippen LogP contribution < -0.4 is 15.4 Å². The molecule has 124 valence electrons. The molecule has 1 unspecified atom stereocenters. The highest BCUT2D eigenvalue weighted by atomic mass is 16.5. The summed E-state index contributed by atoms with van der Waals surface area (Å²) < 4.78 is 5.26. The number of amides is 2. The van der Waals surface area contributed by atoms with Gasteiger partial charge in [-0.05, 0) is 37.9 Å². The molecule has 7 nitrogen and oxygen atoms in total. The Hall–Kier alpha value is -2.54. The summed E-state index contributed by atoms with van der Waals surface area (Å²) in [6.45, 7) is 0.909. The first-order valence-electron chi connectivity index (χ1n) is 7.40. The van der Waals surface area contributed by atoms with Crippen molar-refractivity contribution in [2.24, 2.45) is 0 Å². The van der Waals surface area contributed by atoms with Gasteiger partial charge in [0.1, 0.15) is 5.75 Å². The number of rotatable bonds is 7. The molecule has 0 spiro atoms. The van der Waals surface area contributed by atoms with Gasteiger partial charge in [-0.2, -0.15) is 5.10 Å². The van der Waals surface area contributed by atoms with Crippen LogP contribution >= 0.6 is 0 Å². The van der Waals surface area contributed by atoms with Crippen LogP contribution in [0.4, 0.5) is 4.79 Å². The smallest absolute Gasteiger partial charge is 0.315 e. The number of aromatic amines is 1. The van der Waals surface area contributed by atoms with Crippen LogP contribution in [0.3, 0.4) is 0 Å². The molecule has 1 atom stereocenters. The molecular formula is C16H23N5O2. The van der Waals surface area contributed by atoms with Gasteiger partial charge in [0.15, 0.2) is 0 Å². The molecule has 1 heterocycles. The molecule has 0 saturated heterocycles. The predicted molar refractivity (Wildman–Crippen MR) is 88.2 cm³/mol. The molecule has 0 saturated carbocycles. The Kier molecular flexibility index (Phi) is 5.99. The lowest BCUT2D eigenvalue weighted by Crippen LogP contribution is -2.40. The van der Waals surface area contributed by atoms with Crippen LogP contribution in [0.2, 0.25) is 0 Å². The molecule has 0 fully saturated rings. The topological polar surface area (TPSA) is 82.3 Å². The van der Waals surface area contributed by atoms with E-state index in [1.165, 1.54) is 0 Å². The van der Waals surface area contributed by atoms with Crippen LogP contribution in [0.25, 0.3) is 0 Å². The summed E-state index contributed by atoms with van der Waals surface area (Å²) in [5, 5.41) is 12.3. The lowest BCUT2D eigenvalue weighted by Gasteiger charge is -2.25. The summed E-state index contributed by atoms with van der Waals surface area (Å²) in [5.74, 6) is 0.804. The van der Waals surface area contributed by atoms with Crippen molar-refractivity contribution in [3.63, 3.8) is 0 Å². The zero-order chi connectivity index (χ0) is 16.7. The second kappa shape index (κ2) is 8.19. The van der Waals surface area contributed by atoms with Crippen LogP contribution in [0, 0.1) is 0 Å². The van der Waals surface area contributed by atoms with Crippen molar-refractivity contribution in [3.8, 4) is 5.75 Å². The standard InChI is InChI=1S/C16H23N5O2/c1-21(2)15(12-5-4-6-14(9-12)23-3)11-18-16(22)17-10-13-7-8-19-20-13/h4-9,15H,10-11H2,1-3H3,(H,19,20)(H2,17,18,22). The average Bonchev–Trinajstić information content (AvgIpc) is 3.06. The van der Waals surface area contributed by atoms with Gasteiger partial charge in [0.2, 0.25) is 0 Å². The first-order chi connectivity index (χ1) is 11.1. The summed E-state index contributed by atoms with van der Waals surface area (Å²) in [5.41, 5.74) is 1.94. The fraction of sp³-hybridized carbons (Fsp3) is 0.375. The Balaban J connectivity index is 1.90. The van der Waals surface area contributed by atoms with Crippen molar-refractivity contribution in [2.75, 3.05) is 27.7 Å². The van der Waals surface area contributed by atoms with Crippen molar-refractivity contribution >= 4 is 6.03 Å². The second-order valence-corrected chi connectivity index (χ2v) is 5.40. The van der Waals surface area contributed by atoms with E-state index < -0.39 is 0 Å². The number of hydrogen-bond donors (Lipinski definition) is 3. The van der Waals surface area contributed by atoms with E-state index in [1.54, 1.807) is 13.3 Å². The number of likely N-dealkylation sites (N-methyl/N-ethyl adjacent to an activating group) is 1. The zero-order valence-corrected chi connectivity index (χ0v) is 13.7. The highest BCUT2D eigenvalue weighted by Crippen LogP contribution is 2.21. The van der Waals surface area contributed by atoms with E-state index in [9.17, 15) is 4.79 Å². The van der Waals surface area contributed by atoms with E-state index >= 15 is 0 Å². The maximum absolute atomic E-state index is 11.9. The summed E-state index contributed by atoms with van der Waals surface area (Å²) in [4.78, 5) is 14.0. The van der Waals surface area contributed by atoms with Gasteiger partial charge >= 0.3 is 6.03 Å². The third-order valence-electron chi connectivity index (χ3n) is 3.56. The van der Waals surface area contributed by atoms with E-state index in [-0.39, 0.29) is 12.1 Å². The fourth-order valence-corrected chi connectivity index (χ4v) is 2.26. The van der Waals surface area contributed by atoms with Crippen LogP contribution in [-0.4, -0.2) is 48.9 Å². The minimum Gasteiger partial charge on any atom is -0.497 e. The molecule has 0 bridgehead atoms. The third-order valence-corrected chi connectivity index (χ3v) is 3.56. The number of nitrogens with zero attached hydrogens (tertiary/aromatic N) is 2. The van der Waals surface area contributed by atoms with Gasteiger partial charge in [-0.1, -0.05) is 12.1 Å². The lowest BCUT2D eigenvalue weighted by molar-refractivity contribution is 0.232. The van der Waals surface area contributed by atoms with Gasteiger partial charge in [-0.3, -0.25) is 5.10 Å². The van der Waals surface area contributed by atoms with Crippen LogP contribution in [-0.2, 0) is 6.54 Å². The molecule has 0 radical (unpaired) electrons. The van der Waals surface area contributed by atoms with Crippen molar-refractivity contribution < 1.29 is 9.53 Å². The zero-order valence-electron chi connectivity index (χ0n) is 13.7. The minimum absolute atomic E-state index is 0.0583. The molecule has 2 rings (SSSR count). The average molecular weight is 317 g/mol. The van der Waals surface area contributed by atoms with Crippen molar-refractivity contribution in [1.82, 2.24) is 25.7 Å². The maximum Gasteiger partial charge on any atom is 0.315 e. The molecular weight excluding hydrogens is 294 g/mol. The molecule has 23 heavy (non-hydrogen) atoms. The Labute approximate surface area is 136 Å². The van der Waals surface area contributed by atoms with Gasteiger partial charge in [-0.25, -0.2) is 4.79 Å². The summed E-state index contributed by atoms with van der Waals surface area (Å²) in [6, 6.07) is 9.52. The molecule has 2 aromatic rings. The van der Waals surface area contributed by atoms with Gasteiger partial charge in [0.05, 0.1) is 25.4 Å². The highest BCUT2D eigenvalue weighted by Gasteiger charge is 2.15. The van der Waals surface area contributed by atoms with Crippen LogP contribution in [0.1, 0.15) is 17.3 Å². The minimum atomic E-state index is -0.214. The highest BCUT2D eigenvalue weighted by molar-refractivity contribution is 5.73. The number of benzene rings is 1. The van der Waals surface area contributed by atoms with E-state index in [0.717, 1.165) is 17.0 Å². The van der Waals surface area contributed by atoms with E-state index in [0.29, 0.717) is 13.1 Å². The Bertz CT molecular complexity index is 613. The van der Waals surface area contributed by atoms with E-state index in [1.807, 2.05) is 44.4 Å². The lowest BCUT2D eigenvalue weighted by atomic mass is 10.1. The Morgan fingerprint density at radius 3 is 2.83 bits per heavy atom. The SMILES string of the molecule is COc1cccc(C(CNC(=O)NCc2ccn[nH]2)N(C)C)c1. The number of carbonyl (C=O) groups is 1.